The van der Waals surface area contributed by atoms with Crippen LogP contribution in [-0.4, -0.2) is 0 Å². The average molecular weight is 234 g/mol. The van der Waals surface area contributed by atoms with Gasteiger partial charge in [-0.25, -0.2) is 4.39 Å². The highest BCUT2D eigenvalue weighted by Gasteiger charge is 2.52. The van der Waals surface area contributed by atoms with Crippen molar-refractivity contribution in [3.63, 3.8) is 0 Å². The van der Waals surface area contributed by atoms with Crippen molar-refractivity contribution in [1.29, 1.82) is 0 Å². The van der Waals surface area contributed by atoms with Gasteiger partial charge in [0.15, 0.2) is 0 Å². The Hall–Kier alpha value is -0.850. The molecule has 2 aliphatic carbocycles. The second-order valence-electron chi connectivity index (χ2n) is 5.71. The maximum atomic E-state index is 13.4. The van der Waals surface area contributed by atoms with Gasteiger partial charge in [-0.2, -0.15) is 0 Å². The van der Waals surface area contributed by atoms with E-state index in [9.17, 15) is 4.39 Å². The van der Waals surface area contributed by atoms with E-state index >= 15 is 0 Å². The highest BCUT2D eigenvalue weighted by Crippen LogP contribution is 2.62. The average Bonchev–Trinajstić information content (AvgIpc) is 2.30. The molecule has 1 heteroatoms. The van der Waals surface area contributed by atoms with Gasteiger partial charge in [-0.3, -0.25) is 0 Å². The predicted octanol–water partition coefficient (Wildman–Crippen LogP) is 5.33. The summed E-state index contributed by atoms with van der Waals surface area (Å²) < 4.78 is 13.4. The molecule has 0 saturated heterocycles. The van der Waals surface area contributed by atoms with E-state index in [1.165, 1.54) is 18.4 Å². The summed E-state index contributed by atoms with van der Waals surface area (Å²) in [6.45, 7) is 8.53. The summed E-state index contributed by atoms with van der Waals surface area (Å²) in [6, 6.07) is 0. The minimum absolute atomic E-state index is 0.0363. The van der Waals surface area contributed by atoms with Gasteiger partial charge < -0.3 is 0 Å². The molecule has 0 aliphatic heterocycles. The third kappa shape index (κ3) is 2.00. The quantitative estimate of drug-likeness (QED) is 0.576. The summed E-state index contributed by atoms with van der Waals surface area (Å²) in [5.41, 5.74) is 1.70. The number of allylic oxidation sites excluding steroid dienone is 5. The Labute approximate surface area is 104 Å². The minimum atomic E-state index is 0.0363. The van der Waals surface area contributed by atoms with Gasteiger partial charge in [0.1, 0.15) is 5.83 Å². The van der Waals surface area contributed by atoms with Crippen molar-refractivity contribution in [2.75, 3.05) is 0 Å². The van der Waals surface area contributed by atoms with Crippen LogP contribution in [0.1, 0.15) is 52.4 Å². The second-order valence-corrected chi connectivity index (χ2v) is 5.71. The van der Waals surface area contributed by atoms with Crippen molar-refractivity contribution < 1.29 is 4.39 Å². The summed E-state index contributed by atoms with van der Waals surface area (Å²) in [7, 11) is 0. The summed E-state index contributed by atoms with van der Waals surface area (Å²) in [5.74, 6) is 0.0363. The van der Waals surface area contributed by atoms with Crippen LogP contribution in [0.2, 0.25) is 0 Å². The second kappa shape index (κ2) is 4.44. The van der Waals surface area contributed by atoms with Crippen LogP contribution in [0, 0.1) is 10.8 Å². The third-order valence-electron chi connectivity index (χ3n) is 4.91. The van der Waals surface area contributed by atoms with Crippen molar-refractivity contribution >= 4 is 0 Å². The molecule has 17 heavy (non-hydrogen) atoms. The Kier molecular flexibility index (Phi) is 3.29. The lowest BCUT2D eigenvalue weighted by atomic mass is 9.48. The smallest absolute Gasteiger partial charge is 0.101 e. The zero-order valence-electron chi connectivity index (χ0n) is 11.1. The molecule has 0 nitrogen and oxygen atoms in total. The molecular formula is C16H23F. The van der Waals surface area contributed by atoms with Gasteiger partial charge in [0.05, 0.1) is 0 Å². The van der Waals surface area contributed by atoms with Crippen molar-refractivity contribution in [3.8, 4) is 0 Å². The Morgan fingerprint density at radius 2 is 2.00 bits per heavy atom. The van der Waals surface area contributed by atoms with E-state index in [0.29, 0.717) is 11.8 Å². The van der Waals surface area contributed by atoms with Gasteiger partial charge >= 0.3 is 0 Å². The van der Waals surface area contributed by atoms with E-state index in [4.69, 9.17) is 0 Å². The number of rotatable bonds is 4. The lowest BCUT2D eigenvalue weighted by Crippen LogP contribution is -2.45. The zero-order valence-corrected chi connectivity index (χ0v) is 11.1. The van der Waals surface area contributed by atoms with Crippen LogP contribution in [-0.2, 0) is 0 Å². The first-order valence-electron chi connectivity index (χ1n) is 6.80. The van der Waals surface area contributed by atoms with Gasteiger partial charge in [0.25, 0.3) is 0 Å². The number of halogens is 1. The largest absolute Gasteiger partial charge is 0.212 e. The van der Waals surface area contributed by atoms with E-state index in [0.717, 1.165) is 19.3 Å². The molecule has 0 N–H and O–H groups in total. The van der Waals surface area contributed by atoms with Crippen LogP contribution in [0.4, 0.5) is 4.39 Å². The zero-order chi connectivity index (χ0) is 12.5. The van der Waals surface area contributed by atoms with Crippen LogP contribution in [0.3, 0.4) is 0 Å². The van der Waals surface area contributed by atoms with Crippen molar-refractivity contribution in [3.05, 3.63) is 36.2 Å². The van der Waals surface area contributed by atoms with E-state index in [1.807, 2.05) is 0 Å². The molecule has 0 spiro atoms. The molecule has 0 amide bonds. The van der Waals surface area contributed by atoms with Crippen LogP contribution in [0.15, 0.2) is 36.2 Å². The Morgan fingerprint density at radius 1 is 1.35 bits per heavy atom. The fourth-order valence-electron chi connectivity index (χ4n) is 3.52. The first kappa shape index (κ1) is 12.6. The Morgan fingerprint density at radius 3 is 2.47 bits per heavy atom. The number of hydrogen-bond acceptors (Lipinski definition) is 0. The highest BCUT2D eigenvalue weighted by molar-refractivity contribution is 5.38. The summed E-state index contributed by atoms with van der Waals surface area (Å²) >= 11 is 0. The molecule has 2 aliphatic rings. The summed E-state index contributed by atoms with van der Waals surface area (Å²) in [4.78, 5) is 0. The fraction of sp³-hybridized carbons (Fsp3) is 0.625. The van der Waals surface area contributed by atoms with Crippen LogP contribution in [0.25, 0.3) is 0 Å². The molecule has 0 aromatic rings. The van der Waals surface area contributed by atoms with Crippen molar-refractivity contribution in [1.82, 2.24) is 0 Å². The Bertz CT molecular complexity index is 361. The topological polar surface area (TPSA) is 0 Å². The monoisotopic (exact) mass is 234 g/mol. The minimum Gasteiger partial charge on any atom is -0.212 e. The molecule has 0 atom stereocenters. The molecular weight excluding hydrogens is 211 g/mol. The first-order chi connectivity index (χ1) is 8.10. The lowest BCUT2D eigenvalue weighted by molar-refractivity contribution is 0.0163. The molecule has 0 bridgehead atoms. The molecule has 0 heterocycles. The maximum Gasteiger partial charge on any atom is 0.101 e. The van der Waals surface area contributed by atoms with E-state index in [-0.39, 0.29) is 11.2 Å². The fourth-order valence-corrected chi connectivity index (χ4v) is 3.52. The van der Waals surface area contributed by atoms with Crippen LogP contribution in [0.5, 0.6) is 0 Å². The van der Waals surface area contributed by atoms with E-state index in [1.54, 1.807) is 6.08 Å². The molecule has 2 rings (SSSR count). The van der Waals surface area contributed by atoms with Gasteiger partial charge in [-0.15, -0.1) is 6.58 Å². The molecule has 1 fully saturated rings. The first-order valence-corrected chi connectivity index (χ1v) is 6.80. The molecule has 0 radical (unpaired) electrons. The number of hydrogen-bond donors (Lipinski definition) is 0. The van der Waals surface area contributed by atoms with Crippen LogP contribution < -0.4 is 0 Å². The predicted molar refractivity (Wildman–Crippen MR) is 71.4 cm³/mol. The van der Waals surface area contributed by atoms with Crippen molar-refractivity contribution in [2.24, 2.45) is 10.8 Å². The van der Waals surface area contributed by atoms with Crippen molar-refractivity contribution in [2.45, 2.75) is 52.4 Å². The summed E-state index contributed by atoms with van der Waals surface area (Å²) in [5, 5.41) is 0. The molecule has 0 aromatic heterocycles. The molecule has 0 aromatic carbocycles. The van der Waals surface area contributed by atoms with Gasteiger partial charge in [0, 0.05) is 11.8 Å². The van der Waals surface area contributed by atoms with Crippen LogP contribution >= 0.6 is 0 Å². The highest BCUT2D eigenvalue weighted by atomic mass is 19.1. The van der Waals surface area contributed by atoms with E-state index in [2.05, 4.69) is 32.6 Å². The van der Waals surface area contributed by atoms with Gasteiger partial charge in [-0.1, -0.05) is 38.8 Å². The SMILES string of the molecule is C=CC1(C2=CCCC(F)=C2)CC(CC)(CC)C1. The molecule has 1 saturated carbocycles. The Balaban J connectivity index is 2.20. The molecule has 0 unspecified atom stereocenters. The van der Waals surface area contributed by atoms with Gasteiger partial charge in [-0.05, 0) is 36.3 Å². The standard InChI is InChI=1S/C16H23F/c1-4-15(5-2)11-16(6-3,12-15)13-8-7-9-14(17)10-13/h6,8,10H,3-5,7,9,11-12H2,1-2H3. The normalized spacial score (nSPS) is 25.6. The van der Waals surface area contributed by atoms with E-state index < -0.39 is 0 Å². The lowest BCUT2D eigenvalue weighted by Gasteiger charge is -2.56. The maximum absolute atomic E-state index is 13.4. The summed E-state index contributed by atoms with van der Waals surface area (Å²) in [6.07, 6.45) is 12.2. The van der Waals surface area contributed by atoms with Gasteiger partial charge in [0.2, 0.25) is 0 Å². The molecule has 94 valence electrons. The third-order valence-corrected chi connectivity index (χ3v) is 4.91.